The zero-order valence-corrected chi connectivity index (χ0v) is 23.0. The van der Waals surface area contributed by atoms with Crippen LogP contribution >= 0.6 is 0 Å². The van der Waals surface area contributed by atoms with Gasteiger partial charge in [-0.25, -0.2) is 9.97 Å². The number of piperazine rings is 1. The van der Waals surface area contributed by atoms with Gasteiger partial charge in [-0.3, -0.25) is 9.69 Å². The van der Waals surface area contributed by atoms with Crippen molar-refractivity contribution in [2.24, 2.45) is 5.73 Å². The normalized spacial score (nSPS) is 17.6. The van der Waals surface area contributed by atoms with Crippen LogP contribution in [-0.2, 0) is 6.42 Å². The van der Waals surface area contributed by atoms with Crippen LogP contribution in [0.1, 0.15) is 42.9 Å². The van der Waals surface area contributed by atoms with E-state index in [4.69, 9.17) is 15.5 Å². The fourth-order valence-electron chi connectivity index (χ4n) is 5.23. The van der Waals surface area contributed by atoms with Crippen LogP contribution in [0.2, 0.25) is 0 Å². The quantitative estimate of drug-likeness (QED) is 0.527. The highest BCUT2D eigenvalue weighted by Crippen LogP contribution is 2.35. The summed E-state index contributed by atoms with van der Waals surface area (Å²) in [5, 5.41) is 3.27. The zero-order valence-electron chi connectivity index (χ0n) is 23.0. The van der Waals surface area contributed by atoms with E-state index in [1.54, 1.807) is 7.11 Å². The summed E-state index contributed by atoms with van der Waals surface area (Å²) in [5.41, 5.74) is 8.40. The summed E-state index contributed by atoms with van der Waals surface area (Å²) in [6, 6.07) is 6.68. The molecule has 1 aromatic carbocycles. The number of aromatic nitrogens is 2. The van der Waals surface area contributed by atoms with Gasteiger partial charge in [0.2, 0.25) is 0 Å². The third-order valence-electron chi connectivity index (χ3n) is 7.65. The summed E-state index contributed by atoms with van der Waals surface area (Å²) < 4.78 is 5.79. The maximum atomic E-state index is 12.2. The number of anilines is 4. The molecule has 0 aliphatic carbocycles. The molecule has 2 aliphatic heterocycles. The molecule has 202 valence electrons. The van der Waals surface area contributed by atoms with Gasteiger partial charge in [0, 0.05) is 70.7 Å². The van der Waals surface area contributed by atoms with Crippen molar-refractivity contribution < 1.29 is 9.53 Å². The van der Waals surface area contributed by atoms with Gasteiger partial charge in [0.1, 0.15) is 5.75 Å². The Labute approximate surface area is 220 Å². The minimum atomic E-state index is -0.609. The number of likely N-dealkylation sites (N-methyl/N-ethyl adjacent to an activating group) is 1. The predicted octanol–water partition coefficient (Wildman–Crippen LogP) is 2.56. The number of hydrogen-bond acceptors (Lipinski definition) is 9. The highest BCUT2D eigenvalue weighted by atomic mass is 16.5. The van der Waals surface area contributed by atoms with Gasteiger partial charge in [-0.15, -0.1) is 0 Å². The highest BCUT2D eigenvalue weighted by molar-refractivity contribution is 5.96. The second kappa shape index (κ2) is 12.0. The molecule has 0 unspecified atom stereocenters. The van der Waals surface area contributed by atoms with Crippen molar-refractivity contribution >= 4 is 28.9 Å². The van der Waals surface area contributed by atoms with Crippen molar-refractivity contribution in [3.05, 3.63) is 29.6 Å². The highest BCUT2D eigenvalue weighted by Gasteiger charge is 2.28. The molecule has 1 amide bonds. The van der Waals surface area contributed by atoms with Crippen LogP contribution in [0.25, 0.3) is 0 Å². The second-order valence-electron chi connectivity index (χ2n) is 9.99. The molecule has 4 rings (SSSR count). The minimum absolute atomic E-state index is 0.138. The van der Waals surface area contributed by atoms with Crippen LogP contribution in [0.15, 0.2) is 18.2 Å². The van der Waals surface area contributed by atoms with Crippen LogP contribution in [0.3, 0.4) is 0 Å². The molecule has 0 radical (unpaired) electrons. The van der Waals surface area contributed by atoms with Crippen molar-refractivity contribution in [2.75, 3.05) is 82.1 Å². The molecular formula is C27H42N8O2. The standard InChI is InChI=1S/C27H42N8O2/c1-6-21-27(33(4)7-2)31-26(24(30-21)25(28)36)29-19-8-9-22(23(18-19)37-5)35-12-10-20(11-13-35)34-16-14-32(3)15-17-34/h8-9,18,20H,6-7,10-17H2,1-5H3,(H2,28,36)(H,29,31). The molecule has 0 spiro atoms. The average Bonchev–Trinajstić information content (AvgIpc) is 2.92. The molecule has 0 saturated carbocycles. The minimum Gasteiger partial charge on any atom is -0.495 e. The second-order valence-corrected chi connectivity index (χ2v) is 9.99. The van der Waals surface area contributed by atoms with E-state index >= 15 is 0 Å². The van der Waals surface area contributed by atoms with Crippen LogP contribution in [-0.4, -0.2) is 98.7 Å². The van der Waals surface area contributed by atoms with Crippen molar-refractivity contribution in [3.63, 3.8) is 0 Å². The molecule has 3 N–H and O–H groups in total. The molecule has 0 atom stereocenters. The predicted molar refractivity (Wildman–Crippen MR) is 149 cm³/mol. The maximum Gasteiger partial charge on any atom is 0.271 e. The van der Waals surface area contributed by atoms with Gasteiger partial charge in [0.15, 0.2) is 17.3 Å². The molecule has 2 aliphatic rings. The lowest BCUT2D eigenvalue weighted by molar-refractivity contribution is 0.0981. The van der Waals surface area contributed by atoms with Gasteiger partial charge >= 0.3 is 0 Å². The third kappa shape index (κ3) is 6.07. The van der Waals surface area contributed by atoms with Crippen LogP contribution < -0.4 is 25.6 Å². The fraction of sp³-hybridized carbons (Fsp3) is 0.593. The lowest BCUT2D eigenvalue weighted by atomic mass is 10.0. The Balaban J connectivity index is 1.51. The molecule has 10 nitrogen and oxygen atoms in total. The number of nitrogens with one attached hydrogen (secondary N) is 1. The maximum absolute atomic E-state index is 12.2. The Kier molecular flexibility index (Phi) is 8.71. The number of carbonyl (C=O) groups excluding carboxylic acids is 1. The largest absolute Gasteiger partial charge is 0.495 e. The first-order valence-electron chi connectivity index (χ1n) is 13.4. The SMILES string of the molecule is CCc1nc(C(N)=O)c(Nc2ccc(N3CCC(N4CCN(C)CC4)CC3)c(OC)c2)nc1N(C)CC. The number of benzene rings is 1. The van der Waals surface area contributed by atoms with E-state index in [2.05, 4.69) is 38.1 Å². The van der Waals surface area contributed by atoms with E-state index in [1.165, 1.54) is 0 Å². The molecule has 1 aromatic heterocycles. The van der Waals surface area contributed by atoms with Gasteiger partial charge in [-0.2, -0.15) is 0 Å². The molecule has 3 heterocycles. The number of piperidine rings is 1. The average molecular weight is 511 g/mol. The Morgan fingerprint density at radius 2 is 1.84 bits per heavy atom. The summed E-state index contributed by atoms with van der Waals surface area (Å²) in [5.74, 6) is 1.27. The van der Waals surface area contributed by atoms with Gasteiger partial charge in [0.25, 0.3) is 5.91 Å². The summed E-state index contributed by atoms with van der Waals surface area (Å²) in [4.78, 5) is 31.0. The summed E-state index contributed by atoms with van der Waals surface area (Å²) in [6.45, 7) is 11.5. The molecular weight excluding hydrogens is 468 g/mol. The lowest BCUT2D eigenvalue weighted by Crippen LogP contribution is -2.52. The van der Waals surface area contributed by atoms with Crippen molar-refractivity contribution in [2.45, 2.75) is 39.2 Å². The third-order valence-corrected chi connectivity index (χ3v) is 7.65. The molecule has 2 fully saturated rings. The van der Waals surface area contributed by atoms with Gasteiger partial charge in [-0.1, -0.05) is 6.92 Å². The van der Waals surface area contributed by atoms with Gasteiger partial charge in [-0.05, 0) is 45.4 Å². The fourth-order valence-corrected chi connectivity index (χ4v) is 5.23. The van der Waals surface area contributed by atoms with E-state index in [0.29, 0.717) is 18.3 Å². The molecule has 2 aromatic rings. The topological polar surface area (TPSA) is 103 Å². The van der Waals surface area contributed by atoms with Crippen LogP contribution in [0.5, 0.6) is 5.75 Å². The van der Waals surface area contributed by atoms with E-state index in [1.807, 2.05) is 37.9 Å². The van der Waals surface area contributed by atoms with E-state index < -0.39 is 5.91 Å². The Morgan fingerprint density at radius 1 is 1.14 bits per heavy atom. The summed E-state index contributed by atoms with van der Waals surface area (Å²) in [6.07, 6.45) is 2.96. The number of hydrogen-bond donors (Lipinski definition) is 2. The zero-order chi connectivity index (χ0) is 26.5. The smallest absolute Gasteiger partial charge is 0.271 e. The van der Waals surface area contributed by atoms with Gasteiger partial charge < -0.3 is 30.5 Å². The molecule has 0 bridgehead atoms. The number of carbonyl (C=O) groups is 1. The van der Waals surface area contributed by atoms with Crippen molar-refractivity contribution in [1.29, 1.82) is 0 Å². The monoisotopic (exact) mass is 510 g/mol. The number of ether oxygens (including phenoxy) is 1. The first kappa shape index (κ1) is 26.9. The molecule has 37 heavy (non-hydrogen) atoms. The molecule has 10 heteroatoms. The number of nitrogens with zero attached hydrogens (tertiary/aromatic N) is 6. The van der Waals surface area contributed by atoms with E-state index in [9.17, 15) is 4.79 Å². The van der Waals surface area contributed by atoms with E-state index in [0.717, 1.165) is 87.3 Å². The first-order valence-corrected chi connectivity index (χ1v) is 13.4. The van der Waals surface area contributed by atoms with Crippen molar-refractivity contribution in [3.8, 4) is 5.75 Å². The van der Waals surface area contributed by atoms with Gasteiger partial charge in [0.05, 0.1) is 18.5 Å². The number of methoxy groups -OCH3 is 1. The summed E-state index contributed by atoms with van der Waals surface area (Å²) >= 11 is 0. The molecule has 2 saturated heterocycles. The lowest BCUT2D eigenvalue weighted by Gasteiger charge is -2.42. The summed E-state index contributed by atoms with van der Waals surface area (Å²) in [7, 11) is 5.86. The van der Waals surface area contributed by atoms with E-state index in [-0.39, 0.29) is 5.69 Å². The number of amides is 1. The van der Waals surface area contributed by atoms with Crippen molar-refractivity contribution in [1.82, 2.24) is 19.8 Å². The van der Waals surface area contributed by atoms with Crippen LogP contribution in [0, 0.1) is 0 Å². The number of primary amides is 1. The Hall–Kier alpha value is -3.11. The first-order chi connectivity index (χ1) is 17.8. The Bertz CT molecular complexity index is 1080. The van der Waals surface area contributed by atoms with Crippen LogP contribution in [0.4, 0.5) is 23.0 Å². The number of nitrogens with two attached hydrogens (primary N) is 1. The number of aryl methyl sites for hydroxylation is 1. The number of rotatable bonds is 9. The Morgan fingerprint density at radius 3 is 2.43 bits per heavy atom.